The second kappa shape index (κ2) is 3.95. The maximum Gasteiger partial charge on any atom is 0.228 e. The minimum atomic E-state index is -0.0755. The third-order valence-corrected chi connectivity index (χ3v) is 3.65. The van der Waals surface area contributed by atoms with Crippen molar-refractivity contribution in [1.29, 1.82) is 0 Å². The fourth-order valence-corrected chi connectivity index (χ4v) is 2.25. The van der Waals surface area contributed by atoms with Crippen LogP contribution in [-0.4, -0.2) is 42.0 Å². The molecule has 15 heavy (non-hydrogen) atoms. The number of hydrogen-bond donors (Lipinski definition) is 0. The second-order valence-electron chi connectivity index (χ2n) is 4.99. The Hall–Kier alpha value is -0.280. The monoisotopic (exact) mass is 231 g/mol. The number of carbonyl (C=O) groups is 1. The van der Waals surface area contributed by atoms with E-state index in [4.69, 9.17) is 16.3 Å². The van der Waals surface area contributed by atoms with Crippen LogP contribution < -0.4 is 0 Å². The van der Waals surface area contributed by atoms with Crippen molar-refractivity contribution in [2.24, 2.45) is 5.41 Å². The average molecular weight is 232 g/mol. The standard InChI is InChI=1S/C11H18ClNO2/c1-8-6-13(7-9(5-12)15-8)10(14)11(2)3-4-11/h8-9H,3-7H2,1-2H3. The fraction of sp³-hybridized carbons (Fsp3) is 0.909. The van der Waals surface area contributed by atoms with Crippen LogP contribution in [0.3, 0.4) is 0 Å². The molecular formula is C11H18ClNO2. The molecule has 2 unspecified atom stereocenters. The van der Waals surface area contributed by atoms with Crippen LogP contribution in [0.2, 0.25) is 0 Å². The molecule has 0 aromatic heterocycles. The van der Waals surface area contributed by atoms with Crippen molar-refractivity contribution in [2.75, 3.05) is 19.0 Å². The zero-order valence-electron chi connectivity index (χ0n) is 9.33. The summed E-state index contributed by atoms with van der Waals surface area (Å²) in [5, 5.41) is 0. The maximum atomic E-state index is 12.1. The zero-order valence-corrected chi connectivity index (χ0v) is 10.1. The van der Waals surface area contributed by atoms with Gasteiger partial charge in [0.15, 0.2) is 0 Å². The van der Waals surface area contributed by atoms with Gasteiger partial charge < -0.3 is 9.64 Å². The highest BCUT2D eigenvalue weighted by Crippen LogP contribution is 2.46. The highest BCUT2D eigenvalue weighted by atomic mass is 35.5. The van der Waals surface area contributed by atoms with Gasteiger partial charge in [0.2, 0.25) is 5.91 Å². The van der Waals surface area contributed by atoms with E-state index in [1.54, 1.807) is 0 Å². The average Bonchev–Trinajstić information content (AvgIpc) is 2.95. The number of hydrogen-bond acceptors (Lipinski definition) is 2. The Morgan fingerprint density at radius 2 is 2.20 bits per heavy atom. The van der Waals surface area contributed by atoms with Gasteiger partial charge in [-0.05, 0) is 19.8 Å². The molecule has 1 saturated heterocycles. The molecular weight excluding hydrogens is 214 g/mol. The largest absolute Gasteiger partial charge is 0.370 e. The number of morpholine rings is 1. The van der Waals surface area contributed by atoms with E-state index in [1.807, 2.05) is 18.7 Å². The van der Waals surface area contributed by atoms with E-state index in [1.165, 1.54) is 0 Å². The van der Waals surface area contributed by atoms with Crippen molar-refractivity contribution < 1.29 is 9.53 Å². The van der Waals surface area contributed by atoms with Crippen molar-refractivity contribution in [3.8, 4) is 0 Å². The molecule has 2 fully saturated rings. The summed E-state index contributed by atoms with van der Waals surface area (Å²) in [6.45, 7) is 5.41. The maximum absolute atomic E-state index is 12.1. The van der Waals surface area contributed by atoms with E-state index in [-0.39, 0.29) is 23.5 Å². The smallest absolute Gasteiger partial charge is 0.228 e. The summed E-state index contributed by atoms with van der Waals surface area (Å²) in [6.07, 6.45) is 2.17. The number of rotatable bonds is 2. The highest BCUT2D eigenvalue weighted by Gasteiger charge is 2.48. The van der Waals surface area contributed by atoms with Crippen LogP contribution in [0.4, 0.5) is 0 Å². The van der Waals surface area contributed by atoms with Gasteiger partial charge >= 0.3 is 0 Å². The predicted octanol–water partition coefficient (Wildman–Crippen LogP) is 1.64. The molecule has 1 heterocycles. The molecule has 1 aliphatic heterocycles. The lowest BCUT2D eigenvalue weighted by Crippen LogP contribution is -2.51. The molecule has 1 aliphatic carbocycles. The molecule has 0 aromatic carbocycles. The number of alkyl halides is 1. The number of halogens is 1. The molecule has 0 N–H and O–H groups in total. The first kappa shape index (κ1) is 11.2. The van der Waals surface area contributed by atoms with E-state index in [9.17, 15) is 4.79 Å². The summed E-state index contributed by atoms with van der Waals surface area (Å²) in [5.41, 5.74) is -0.0755. The van der Waals surface area contributed by atoms with Crippen molar-refractivity contribution in [1.82, 2.24) is 4.90 Å². The molecule has 1 amide bonds. The number of nitrogens with zero attached hydrogens (tertiary/aromatic N) is 1. The SMILES string of the molecule is CC1CN(C(=O)C2(C)CC2)CC(CCl)O1. The van der Waals surface area contributed by atoms with Gasteiger partial charge in [-0.15, -0.1) is 11.6 Å². The molecule has 2 aliphatic rings. The minimum absolute atomic E-state index is 0.00159. The molecule has 86 valence electrons. The highest BCUT2D eigenvalue weighted by molar-refractivity contribution is 6.18. The predicted molar refractivity (Wildman–Crippen MR) is 59.0 cm³/mol. The first-order chi connectivity index (χ1) is 7.05. The van der Waals surface area contributed by atoms with Gasteiger partial charge in [-0.2, -0.15) is 0 Å². The Labute approximate surface area is 95.7 Å². The van der Waals surface area contributed by atoms with Gasteiger partial charge in [-0.25, -0.2) is 0 Å². The third-order valence-electron chi connectivity index (χ3n) is 3.30. The summed E-state index contributed by atoms with van der Waals surface area (Å²) >= 11 is 5.78. The van der Waals surface area contributed by atoms with Crippen LogP contribution >= 0.6 is 11.6 Å². The van der Waals surface area contributed by atoms with Crippen LogP contribution in [0.5, 0.6) is 0 Å². The Balaban J connectivity index is 1.99. The summed E-state index contributed by atoms with van der Waals surface area (Å²) in [7, 11) is 0. The number of carbonyl (C=O) groups excluding carboxylic acids is 1. The van der Waals surface area contributed by atoms with Crippen molar-refractivity contribution >= 4 is 17.5 Å². The Morgan fingerprint density at radius 3 is 2.73 bits per heavy atom. The van der Waals surface area contributed by atoms with E-state index in [0.717, 1.165) is 12.8 Å². The lowest BCUT2D eigenvalue weighted by atomic mass is 10.1. The van der Waals surface area contributed by atoms with Gasteiger partial charge in [-0.1, -0.05) is 6.92 Å². The van der Waals surface area contributed by atoms with Gasteiger partial charge in [-0.3, -0.25) is 4.79 Å². The van der Waals surface area contributed by atoms with Crippen LogP contribution in [0.15, 0.2) is 0 Å². The molecule has 0 aromatic rings. The minimum Gasteiger partial charge on any atom is -0.370 e. The molecule has 4 heteroatoms. The number of ether oxygens (including phenoxy) is 1. The third kappa shape index (κ3) is 2.28. The zero-order chi connectivity index (χ0) is 11.1. The summed E-state index contributed by atoms with van der Waals surface area (Å²) in [5.74, 6) is 0.748. The van der Waals surface area contributed by atoms with Crippen molar-refractivity contribution in [3.05, 3.63) is 0 Å². The topological polar surface area (TPSA) is 29.5 Å². The molecule has 2 atom stereocenters. The molecule has 0 bridgehead atoms. The van der Waals surface area contributed by atoms with E-state index in [2.05, 4.69) is 0 Å². The number of amides is 1. The first-order valence-electron chi connectivity index (χ1n) is 5.56. The van der Waals surface area contributed by atoms with Crippen LogP contribution in [-0.2, 0) is 9.53 Å². The Kier molecular flexibility index (Phi) is 2.95. The van der Waals surface area contributed by atoms with Gasteiger partial charge in [0.25, 0.3) is 0 Å². The van der Waals surface area contributed by atoms with E-state index in [0.29, 0.717) is 19.0 Å². The molecule has 0 radical (unpaired) electrons. The quantitative estimate of drug-likeness (QED) is 0.677. The van der Waals surface area contributed by atoms with Gasteiger partial charge in [0.05, 0.1) is 18.1 Å². The normalized spacial score (nSPS) is 33.9. The summed E-state index contributed by atoms with van der Waals surface area (Å²) in [6, 6.07) is 0. The molecule has 1 saturated carbocycles. The first-order valence-corrected chi connectivity index (χ1v) is 6.09. The van der Waals surface area contributed by atoms with Gasteiger partial charge in [0.1, 0.15) is 0 Å². The van der Waals surface area contributed by atoms with Gasteiger partial charge in [0, 0.05) is 18.5 Å². The fourth-order valence-electron chi connectivity index (χ4n) is 2.08. The van der Waals surface area contributed by atoms with Crippen LogP contribution in [0.1, 0.15) is 26.7 Å². The Morgan fingerprint density at radius 1 is 1.53 bits per heavy atom. The van der Waals surface area contributed by atoms with Crippen molar-refractivity contribution in [2.45, 2.75) is 38.9 Å². The molecule has 2 rings (SSSR count). The lowest BCUT2D eigenvalue weighted by molar-refractivity contribution is -0.148. The summed E-state index contributed by atoms with van der Waals surface area (Å²) < 4.78 is 5.62. The van der Waals surface area contributed by atoms with Crippen LogP contribution in [0.25, 0.3) is 0 Å². The molecule has 0 spiro atoms. The van der Waals surface area contributed by atoms with Crippen LogP contribution in [0, 0.1) is 5.41 Å². The van der Waals surface area contributed by atoms with E-state index < -0.39 is 0 Å². The van der Waals surface area contributed by atoms with Crippen molar-refractivity contribution in [3.63, 3.8) is 0 Å². The van der Waals surface area contributed by atoms with E-state index >= 15 is 0 Å². The molecule has 3 nitrogen and oxygen atoms in total. The Bertz CT molecular complexity index is 265. The summed E-state index contributed by atoms with van der Waals surface area (Å²) in [4.78, 5) is 14.0. The second-order valence-corrected chi connectivity index (χ2v) is 5.30. The lowest BCUT2D eigenvalue weighted by Gasteiger charge is -2.37.